The summed E-state index contributed by atoms with van der Waals surface area (Å²) in [6, 6.07) is 4.47. The molecule has 3 N–H and O–H groups in total. The molecule has 0 aliphatic rings. The molecule has 1 aromatic carbocycles. The normalized spacial score (nSPS) is 10.2. The highest BCUT2D eigenvalue weighted by Gasteiger charge is 2.14. The Kier molecular flexibility index (Phi) is 4.89. The zero-order valence-corrected chi connectivity index (χ0v) is 12.6. The predicted molar refractivity (Wildman–Crippen MR) is 80.8 cm³/mol. The van der Waals surface area contributed by atoms with Crippen LogP contribution in [0.4, 0.5) is 5.69 Å². The maximum Gasteiger partial charge on any atom is 0.337 e. The summed E-state index contributed by atoms with van der Waals surface area (Å²) in [5.41, 5.74) is 6.30. The summed E-state index contributed by atoms with van der Waals surface area (Å²) in [5, 5.41) is 5.19. The summed E-state index contributed by atoms with van der Waals surface area (Å²) in [6.45, 7) is 0.274. The number of ether oxygens (including phenoxy) is 1. The van der Waals surface area contributed by atoms with Crippen molar-refractivity contribution < 1.29 is 14.3 Å². The van der Waals surface area contributed by atoms with Gasteiger partial charge in [-0.3, -0.25) is 4.79 Å². The van der Waals surface area contributed by atoms with E-state index in [0.29, 0.717) is 15.7 Å². The molecule has 6 nitrogen and oxygen atoms in total. The molecule has 0 bridgehead atoms. The van der Waals surface area contributed by atoms with Crippen LogP contribution in [0.3, 0.4) is 0 Å². The van der Waals surface area contributed by atoms with Crippen LogP contribution in [0.25, 0.3) is 0 Å². The molecule has 1 heterocycles. The Balaban J connectivity index is 2.22. The van der Waals surface area contributed by atoms with Crippen LogP contribution < -0.4 is 11.1 Å². The average Bonchev–Trinajstić information content (AvgIpc) is 2.97. The first-order valence-electron chi connectivity index (χ1n) is 5.89. The Morgan fingerprint density at radius 1 is 1.48 bits per heavy atom. The third-order valence-corrected chi connectivity index (χ3v) is 3.80. The Morgan fingerprint density at radius 2 is 2.24 bits per heavy atom. The molecular formula is C13H12ClN3O3S. The number of amides is 1. The van der Waals surface area contributed by atoms with Crippen LogP contribution in [0.2, 0.25) is 5.02 Å². The van der Waals surface area contributed by atoms with Crippen molar-refractivity contribution in [2.75, 3.05) is 12.4 Å². The van der Waals surface area contributed by atoms with Gasteiger partial charge in [0.05, 0.1) is 23.4 Å². The lowest BCUT2D eigenvalue weighted by Crippen LogP contribution is -2.14. The number of halogens is 1. The molecule has 1 aromatic heterocycles. The van der Waals surface area contributed by atoms with Gasteiger partial charge in [-0.15, -0.1) is 11.3 Å². The van der Waals surface area contributed by atoms with Crippen molar-refractivity contribution in [1.29, 1.82) is 0 Å². The first kappa shape index (κ1) is 15.4. The zero-order chi connectivity index (χ0) is 15.4. The number of carbonyl (C=O) groups is 2. The van der Waals surface area contributed by atoms with Gasteiger partial charge in [0.15, 0.2) is 0 Å². The van der Waals surface area contributed by atoms with E-state index in [9.17, 15) is 9.59 Å². The molecule has 0 atom stereocenters. The van der Waals surface area contributed by atoms with Crippen LogP contribution in [-0.2, 0) is 11.3 Å². The van der Waals surface area contributed by atoms with Gasteiger partial charge in [0.25, 0.3) is 5.91 Å². The molecule has 0 fully saturated rings. The van der Waals surface area contributed by atoms with Crippen molar-refractivity contribution >= 4 is 40.5 Å². The number of anilines is 1. The van der Waals surface area contributed by atoms with E-state index in [2.05, 4.69) is 15.0 Å². The first-order valence-corrected chi connectivity index (χ1v) is 7.14. The Labute approximate surface area is 129 Å². The molecule has 0 radical (unpaired) electrons. The number of carbonyl (C=O) groups excluding carboxylic acids is 2. The van der Waals surface area contributed by atoms with Gasteiger partial charge in [-0.25, -0.2) is 9.78 Å². The van der Waals surface area contributed by atoms with Gasteiger partial charge in [-0.05, 0) is 18.2 Å². The van der Waals surface area contributed by atoms with E-state index in [4.69, 9.17) is 17.3 Å². The third kappa shape index (κ3) is 3.57. The number of nitrogens with two attached hydrogens (primary N) is 1. The van der Waals surface area contributed by atoms with Gasteiger partial charge in [0, 0.05) is 11.9 Å². The van der Waals surface area contributed by atoms with E-state index in [1.807, 2.05) is 0 Å². The molecule has 0 aliphatic carbocycles. The molecule has 21 heavy (non-hydrogen) atoms. The summed E-state index contributed by atoms with van der Waals surface area (Å²) in [7, 11) is 1.28. The molecule has 1 amide bonds. The van der Waals surface area contributed by atoms with E-state index in [1.165, 1.54) is 36.6 Å². The lowest BCUT2D eigenvalue weighted by atomic mass is 10.2. The van der Waals surface area contributed by atoms with E-state index in [-0.39, 0.29) is 17.8 Å². The summed E-state index contributed by atoms with van der Waals surface area (Å²) in [6.07, 6.45) is 0. The number of nitrogens with one attached hydrogen (secondary N) is 1. The average molecular weight is 326 g/mol. The second-order valence-corrected chi connectivity index (χ2v) is 5.32. The topological polar surface area (TPSA) is 94.3 Å². The predicted octanol–water partition coefficient (Wildman–Crippen LogP) is 2.29. The van der Waals surface area contributed by atoms with Gasteiger partial charge in [-0.2, -0.15) is 0 Å². The number of hydrogen-bond acceptors (Lipinski definition) is 6. The fourth-order valence-corrected chi connectivity index (χ4v) is 2.38. The van der Waals surface area contributed by atoms with Crippen LogP contribution in [-0.4, -0.2) is 24.0 Å². The van der Waals surface area contributed by atoms with Gasteiger partial charge in [0.2, 0.25) is 0 Å². The van der Waals surface area contributed by atoms with Gasteiger partial charge >= 0.3 is 5.97 Å². The monoisotopic (exact) mass is 325 g/mol. The zero-order valence-electron chi connectivity index (χ0n) is 11.1. The molecular weight excluding hydrogens is 314 g/mol. The largest absolute Gasteiger partial charge is 0.465 e. The van der Waals surface area contributed by atoms with Crippen molar-refractivity contribution in [3.05, 3.63) is 44.9 Å². The molecule has 0 saturated carbocycles. The number of benzene rings is 1. The number of aromatic nitrogens is 1. The summed E-state index contributed by atoms with van der Waals surface area (Å²) in [4.78, 5) is 27.6. The number of methoxy groups -OCH3 is 1. The molecule has 2 aromatic rings. The summed E-state index contributed by atoms with van der Waals surface area (Å²) >= 11 is 7.30. The van der Waals surface area contributed by atoms with Crippen LogP contribution in [0.1, 0.15) is 25.9 Å². The van der Waals surface area contributed by atoms with Gasteiger partial charge in [0.1, 0.15) is 10.7 Å². The SMILES string of the molecule is COC(=O)c1ccc(Cl)c(NC(=O)c2csc(CN)n2)c1. The van der Waals surface area contributed by atoms with Crippen LogP contribution in [0, 0.1) is 0 Å². The number of nitrogens with zero attached hydrogens (tertiary/aromatic N) is 1. The minimum absolute atomic E-state index is 0.250. The summed E-state index contributed by atoms with van der Waals surface area (Å²) < 4.78 is 4.62. The van der Waals surface area contributed by atoms with Crippen molar-refractivity contribution in [2.45, 2.75) is 6.54 Å². The van der Waals surface area contributed by atoms with Gasteiger partial charge in [-0.1, -0.05) is 11.6 Å². The van der Waals surface area contributed by atoms with Gasteiger partial charge < -0.3 is 15.8 Å². The van der Waals surface area contributed by atoms with Crippen molar-refractivity contribution in [1.82, 2.24) is 4.98 Å². The Morgan fingerprint density at radius 3 is 2.86 bits per heavy atom. The van der Waals surface area contributed by atoms with E-state index in [0.717, 1.165) is 0 Å². The highest BCUT2D eigenvalue weighted by molar-refractivity contribution is 7.09. The lowest BCUT2D eigenvalue weighted by molar-refractivity contribution is 0.0600. The van der Waals surface area contributed by atoms with Crippen molar-refractivity contribution in [3.63, 3.8) is 0 Å². The van der Waals surface area contributed by atoms with Crippen LogP contribution in [0.5, 0.6) is 0 Å². The Bertz CT molecular complexity index is 687. The second-order valence-electron chi connectivity index (χ2n) is 3.97. The van der Waals surface area contributed by atoms with Crippen LogP contribution in [0.15, 0.2) is 23.6 Å². The summed E-state index contributed by atoms with van der Waals surface area (Å²) in [5.74, 6) is -0.934. The van der Waals surface area contributed by atoms with Crippen molar-refractivity contribution in [2.24, 2.45) is 5.73 Å². The maximum absolute atomic E-state index is 12.1. The fraction of sp³-hybridized carbons (Fsp3) is 0.154. The minimum Gasteiger partial charge on any atom is -0.465 e. The quantitative estimate of drug-likeness (QED) is 0.841. The smallest absolute Gasteiger partial charge is 0.337 e. The van der Waals surface area contributed by atoms with E-state index in [1.54, 1.807) is 5.38 Å². The molecule has 110 valence electrons. The lowest BCUT2D eigenvalue weighted by Gasteiger charge is -2.07. The standard InChI is InChI=1S/C13H12ClN3O3S/c1-20-13(19)7-2-3-8(14)9(4-7)17-12(18)10-6-21-11(5-15)16-10/h2-4,6H,5,15H2,1H3,(H,17,18). The second kappa shape index (κ2) is 6.66. The molecule has 2 rings (SSSR count). The third-order valence-electron chi connectivity index (χ3n) is 2.59. The Hall–Kier alpha value is -1.96. The highest BCUT2D eigenvalue weighted by Crippen LogP contribution is 2.24. The van der Waals surface area contributed by atoms with E-state index >= 15 is 0 Å². The fourth-order valence-electron chi connectivity index (χ4n) is 1.56. The molecule has 0 unspecified atom stereocenters. The molecule has 0 aliphatic heterocycles. The molecule has 0 spiro atoms. The highest BCUT2D eigenvalue weighted by atomic mass is 35.5. The maximum atomic E-state index is 12.1. The number of hydrogen-bond donors (Lipinski definition) is 2. The van der Waals surface area contributed by atoms with E-state index < -0.39 is 11.9 Å². The number of rotatable bonds is 4. The van der Waals surface area contributed by atoms with Crippen molar-refractivity contribution in [3.8, 4) is 0 Å². The number of thiazole rings is 1. The van der Waals surface area contributed by atoms with Crippen LogP contribution >= 0.6 is 22.9 Å². The number of esters is 1. The molecule has 0 saturated heterocycles. The first-order chi connectivity index (χ1) is 10.0. The minimum atomic E-state index is -0.513. The molecule has 8 heteroatoms.